The Kier molecular flexibility index (Phi) is 2.89. The Labute approximate surface area is 100 Å². The summed E-state index contributed by atoms with van der Waals surface area (Å²) in [6.45, 7) is 1.68. The first-order valence-electron chi connectivity index (χ1n) is 5.07. The number of nitrogens with zero attached hydrogens (tertiary/aromatic N) is 2. The molecular formula is C11H13N3O2S. The van der Waals surface area contributed by atoms with Crippen molar-refractivity contribution in [2.45, 2.75) is 11.8 Å². The highest BCUT2D eigenvalue weighted by atomic mass is 32.2. The van der Waals surface area contributed by atoms with Crippen molar-refractivity contribution in [3.05, 3.63) is 42.2 Å². The van der Waals surface area contributed by atoms with Crippen molar-refractivity contribution in [3.8, 4) is 0 Å². The zero-order valence-corrected chi connectivity index (χ0v) is 10.4. The Hall–Kier alpha value is -1.82. The molecular weight excluding hydrogens is 238 g/mol. The van der Waals surface area contributed by atoms with Crippen molar-refractivity contribution in [3.63, 3.8) is 0 Å². The molecule has 0 aliphatic rings. The van der Waals surface area contributed by atoms with Gasteiger partial charge in [0.1, 0.15) is 4.90 Å². The number of hydrogen-bond acceptors (Lipinski definition) is 3. The molecule has 0 atom stereocenters. The third kappa shape index (κ3) is 2.03. The molecule has 17 heavy (non-hydrogen) atoms. The molecule has 0 bridgehead atoms. The molecule has 1 heterocycles. The fourth-order valence-corrected chi connectivity index (χ4v) is 2.84. The zero-order valence-electron chi connectivity index (χ0n) is 9.58. The average Bonchev–Trinajstić information content (AvgIpc) is 2.76. The van der Waals surface area contributed by atoms with E-state index in [4.69, 9.17) is 0 Å². The minimum absolute atomic E-state index is 0.198. The lowest BCUT2D eigenvalue weighted by Crippen LogP contribution is -2.26. The summed E-state index contributed by atoms with van der Waals surface area (Å²) in [5, 5.41) is 6.36. The van der Waals surface area contributed by atoms with Crippen molar-refractivity contribution in [2.24, 2.45) is 0 Å². The molecule has 2 aromatic rings. The van der Waals surface area contributed by atoms with Gasteiger partial charge in [0.15, 0.2) is 0 Å². The van der Waals surface area contributed by atoms with Gasteiger partial charge in [-0.15, -0.1) is 0 Å². The van der Waals surface area contributed by atoms with E-state index >= 15 is 0 Å². The number of hydrogen-bond donors (Lipinski definition) is 1. The van der Waals surface area contributed by atoms with Crippen molar-refractivity contribution < 1.29 is 8.42 Å². The Bertz CT molecular complexity index is 605. The fraction of sp³-hybridized carbons (Fsp3) is 0.182. The highest BCUT2D eigenvalue weighted by Gasteiger charge is 2.24. The van der Waals surface area contributed by atoms with E-state index in [1.54, 1.807) is 31.2 Å². The summed E-state index contributed by atoms with van der Waals surface area (Å²) in [6, 6.07) is 8.92. The van der Waals surface area contributed by atoms with Gasteiger partial charge in [-0.1, -0.05) is 18.2 Å². The number of aromatic amines is 1. The second-order valence-electron chi connectivity index (χ2n) is 3.67. The summed E-state index contributed by atoms with van der Waals surface area (Å²) in [5.74, 6) is 0. The normalized spacial score (nSPS) is 11.4. The number of nitrogens with one attached hydrogen (secondary N) is 1. The van der Waals surface area contributed by atoms with E-state index in [0.29, 0.717) is 11.4 Å². The first-order valence-corrected chi connectivity index (χ1v) is 6.51. The summed E-state index contributed by atoms with van der Waals surface area (Å²) in [6.07, 6.45) is 1.32. The van der Waals surface area contributed by atoms with Gasteiger partial charge in [-0.2, -0.15) is 5.10 Å². The average molecular weight is 251 g/mol. The van der Waals surface area contributed by atoms with Crippen LogP contribution in [-0.4, -0.2) is 25.7 Å². The molecule has 0 radical (unpaired) electrons. The van der Waals surface area contributed by atoms with Gasteiger partial charge in [-0.05, 0) is 19.1 Å². The van der Waals surface area contributed by atoms with E-state index < -0.39 is 10.0 Å². The van der Waals surface area contributed by atoms with Gasteiger partial charge >= 0.3 is 0 Å². The monoisotopic (exact) mass is 251 g/mol. The van der Waals surface area contributed by atoms with Crippen LogP contribution in [0.4, 0.5) is 5.69 Å². The standard InChI is InChI=1S/C11H13N3O2S/c1-9-11(8-12-13-9)17(15,16)14(2)10-6-4-3-5-7-10/h3-8H,1-2H3,(H,12,13). The van der Waals surface area contributed by atoms with Crippen LogP contribution in [0.2, 0.25) is 0 Å². The van der Waals surface area contributed by atoms with Gasteiger partial charge in [-0.25, -0.2) is 8.42 Å². The Morgan fingerprint density at radius 1 is 1.24 bits per heavy atom. The number of anilines is 1. The number of aromatic nitrogens is 2. The van der Waals surface area contributed by atoms with Crippen LogP contribution in [0.1, 0.15) is 5.69 Å². The first-order chi connectivity index (χ1) is 8.03. The van der Waals surface area contributed by atoms with Crippen molar-refractivity contribution in [2.75, 3.05) is 11.4 Å². The topological polar surface area (TPSA) is 66.1 Å². The molecule has 6 heteroatoms. The summed E-state index contributed by atoms with van der Waals surface area (Å²) >= 11 is 0. The Balaban J connectivity index is 2.45. The lowest BCUT2D eigenvalue weighted by atomic mass is 10.3. The molecule has 0 saturated carbocycles. The SMILES string of the molecule is Cc1[nH]ncc1S(=O)(=O)N(C)c1ccccc1. The molecule has 0 amide bonds. The molecule has 2 rings (SSSR count). The van der Waals surface area contributed by atoms with Crippen LogP contribution < -0.4 is 4.31 Å². The predicted molar refractivity (Wildman–Crippen MR) is 65.4 cm³/mol. The third-order valence-electron chi connectivity index (χ3n) is 2.54. The van der Waals surface area contributed by atoms with Gasteiger partial charge in [0.05, 0.1) is 17.6 Å². The highest BCUT2D eigenvalue weighted by Crippen LogP contribution is 2.22. The number of benzene rings is 1. The lowest BCUT2D eigenvalue weighted by Gasteiger charge is -2.18. The summed E-state index contributed by atoms with van der Waals surface area (Å²) in [4.78, 5) is 0.198. The van der Waals surface area contributed by atoms with E-state index in [9.17, 15) is 8.42 Å². The van der Waals surface area contributed by atoms with E-state index in [2.05, 4.69) is 10.2 Å². The second-order valence-corrected chi connectivity index (χ2v) is 5.61. The number of aryl methyl sites for hydroxylation is 1. The number of sulfonamides is 1. The molecule has 0 aliphatic heterocycles. The number of H-pyrrole nitrogens is 1. The molecule has 0 fully saturated rings. The van der Waals surface area contributed by atoms with E-state index in [-0.39, 0.29) is 4.90 Å². The largest absolute Gasteiger partial charge is 0.281 e. The van der Waals surface area contributed by atoms with Gasteiger partial charge in [0.2, 0.25) is 0 Å². The first kappa shape index (κ1) is 11.7. The maximum absolute atomic E-state index is 12.3. The Morgan fingerprint density at radius 3 is 2.41 bits per heavy atom. The molecule has 0 spiro atoms. The van der Waals surface area contributed by atoms with Gasteiger partial charge in [0.25, 0.3) is 10.0 Å². The zero-order chi connectivity index (χ0) is 12.5. The molecule has 1 aromatic carbocycles. The predicted octanol–water partition coefficient (Wildman–Crippen LogP) is 1.54. The summed E-state index contributed by atoms with van der Waals surface area (Å²) in [7, 11) is -2.01. The Morgan fingerprint density at radius 2 is 1.88 bits per heavy atom. The smallest absolute Gasteiger partial charge is 0.267 e. The number of rotatable bonds is 3. The van der Waals surface area contributed by atoms with Crippen molar-refractivity contribution in [1.29, 1.82) is 0 Å². The maximum Gasteiger partial charge on any atom is 0.267 e. The quantitative estimate of drug-likeness (QED) is 0.900. The molecule has 1 N–H and O–H groups in total. The molecule has 0 saturated heterocycles. The summed E-state index contributed by atoms with van der Waals surface area (Å²) < 4.78 is 25.8. The molecule has 1 aromatic heterocycles. The fourth-order valence-electron chi connectivity index (χ4n) is 1.52. The number of para-hydroxylation sites is 1. The van der Waals surface area contributed by atoms with Crippen LogP contribution in [0.5, 0.6) is 0 Å². The second kappa shape index (κ2) is 4.21. The lowest BCUT2D eigenvalue weighted by molar-refractivity contribution is 0.594. The minimum Gasteiger partial charge on any atom is -0.281 e. The summed E-state index contributed by atoms with van der Waals surface area (Å²) in [5.41, 5.74) is 1.15. The molecule has 5 nitrogen and oxygen atoms in total. The van der Waals surface area contributed by atoms with Crippen LogP contribution in [0, 0.1) is 6.92 Å². The molecule has 0 unspecified atom stereocenters. The van der Waals surface area contributed by atoms with E-state index in [1.165, 1.54) is 17.5 Å². The van der Waals surface area contributed by atoms with Crippen LogP contribution in [0.15, 0.2) is 41.4 Å². The van der Waals surface area contributed by atoms with E-state index in [0.717, 1.165) is 0 Å². The maximum atomic E-state index is 12.3. The van der Waals surface area contributed by atoms with Gasteiger partial charge < -0.3 is 0 Å². The van der Waals surface area contributed by atoms with Crippen molar-refractivity contribution >= 4 is 15.7 Å². The van der Waals surface area contributed by atoms with Gasteiger partial charge in [-0.3, -0.25) is 9.40 Å². The van der Waals surface area contributed by atoms with Crippen LogP contribution in [0.25, 0.3) is 0 Å². The van der Waals surface area contributed by atoms with Crippen LogP contribution in [0.3, 0.4) is 0 Å². The third-order valence-corrected chi connectivity index (χ3v) is 4.44. The van der Waals surface area contributed by atoms with Crippen LogP contribution in [-0.2, 0) is 10.0 Å². The van der Waals surface area contributed by atoms with E-state index in [1.807, 2.05) is 6.07 Å². The molecule has 0 aliphatic carbocycles. The van der Waals surface area contributed by atoms with Gasteiger partial charge in [0, 0.05) is 7.05 Å². The van der Waals surface area contributed by atoms with Crippen LogP contribution >= 0.6 is 0 Å². The minimum atomic E-state index is -3.54. The van der Waals surface area contributed by atoms with Crippen molar-refractivity contribution in [1.82, 2.24) is 10.2 Å². The highest BCUT2D eigenvalue weighted by molar-refractivity contribution is 7.92. The molecule has 90 valence electrons.